The number of hydrogen-bond acceptors (Lipinski definition) is 4. The monoisotopic (exact) mass is 569 g/mol. The van der Waals surface area contributed by atoms with Crippen LogP contribution in [0.3, 0.4) is 0 Å². The van der Waals surface area contributed by atoms with Gasteiger partial charge >= 0.3 is 0 Å². The van der Waals surface area contributed by atoms with Crippen molar-refractivity contribution < 1.29 is 18.0 Å². The lowest BCUT2D eigenvalue weighted by Gasteiger charge is -2.31. The van der Waals surface area contributed by atoms with E-state index in [9.17, 15) is 18.0 Å². The smallest absolute Gasteiger partial charge is 0.243 e. The highest BCUT2D eigenvalue weighted by molar-refractivity contribution is 9.10. The molecule has 3 rings (SSSR count). The normalized spacial score (nSPS) is 15.3. The number of hydrogen-bond donors (Lipinski definition) is 1. The number of halogens is 2. The van der Waals surface area contributed by atoms with Crippen LogP contribution in [0.2, 0.25) is 5.02 Å². The van der Waals surface area contributed by atoms with E-state index in [1.54, 1.807) is 6.92 Å². The van der Waals surface area contributed by atoms with Crippen LogP contribution in [-0.4, -0.2) is 55.1 Å². The Bertz CT molecular complexity index is 1120. The Morgan fingerprint density at radius 1 is 1.15 bits per heavy atom. The van der Waals surface area contributed by atoms with E-state index in [0.29, 0.717) is 5.02 Å². The number of likely N-dealkylation sites (N-methyl/N-ethyl adjacent to an activating group) is 1. The fourth-order valence-electron chi connectivity index (χ4n) is 3.96. The molecule has 0 unspecified atom stereocenters. The molecule has 1 fully saturated rings. The van der Waals surface area contributed by atoms with E-state index in [2.05, 4.69) is 21.2 Å². The van der Waals surface area contributed by atoms with Crippen molar-refractivity contribution in [3.63, 3.8) is 0 Å². The van der Waals surface area contributed by atoms with Gasteiger partial charge in [0, 0.05) is 29.1 Å². The maximum Gasteiger partial charge on any atom is 0.243 e. The Labute approximate surface area is 214 Å². The molecule has 2 aromatic carbocycles. The van der Waals surface area contributed by atoms with Gasteiger partial charge in [-0.1, -0.05) is 52.5 Å². The van der Waals surface area contributed by atoms with Gasteiger partial charge in [-0.05, 0) is 61.7 Å². The zero-order chi connectivity index (χ0) is 24.9. The lowest BCUT2D eigenvalue weighted by Crippen LogP contribution is -2.52. The van der Waals surface area contributed by atoms with Gasteiger partial charge in [-0.15, -0.1) is 0 Å². The van der Waals surface area contributed by atoms with Crippen LogP contribution >= 0.6 is 27.5 Å². The number of carbonyl (C=O) groups is 2. The topological polar surface area (TPSA) is 86.8 Å². The van der Waals surface area contributed by atoms with Crippen LogP contribution in [0.5, 0.6) is 0 Å². The number of benzene rings is 2. The highest BCUT2D eigenvalue weighted by Gasteiger charge is 2.31. The van der Waals surface area contributed by atoms with Gasteiger partial charge < -0.3 is 10.2 Å². The molecule has 0 aliphatic heterocycles. The van der Waals surface area contributed by atoms with Crippen molar-refractivity contribution in [1.82, 2.24) is 14.5 Å². The summed E-state index contributed by atoms with van der Waals surface area (Å²) in [5.41, 5.74) is 0.825. The van der Waals surface area contributed by atoms with Crippen LogP contribution in [0.15, 0.2) is 57.9 Å². The van der Waals surface area contributed by atoms with Crippen molar-refractivity contribution in [2.45, 2.75) is 56.1 Å². The molecule has 184 valence electrons. The first-order chi connectivity index (χ1) is 16.1. The summed E-state index contributed by atoms with van der Waals surface area (Å²) < 4.78 is 27.8. The molecule has 0 radical (unpaired) electrons. The quantitative estimate of drug-likeness (QED) is 0.490. The molecule has 1 aliphatic rings. The lowest BCUT2D eigenvalue weighted by atomic mass is 10.1. The predicted molar refractivity (Wildman–Crippen MR) is 136 cm³/mol. The maximum atomic E-state index is 13.4. The molecule has 0 bridgehead atoms. The fraction of sp³-hybridized carbons (Fsp3) is 0.417. The molecule has 0 heterocycles. The molecule has 2 aromatic rings. The predicted octanol–water partition coefficient (Wildman–Crippen LogP) is 4.20. The molecular formula is C24H29BrClN3O4S. The number of amides is 2. The Morgan fingerprint density at radius 2 is 1.79 bits per heavy atom. The molecule has 0 spiro atoms. The fourth-order valence-corrected chi connectivity index (χ4v) is 5.65. The largest absolute Gasteiger partial charge is 0.352 e. The highest BCUT2D eigenvalue weighted by atomic mass is 79.9. The molecule has 1 atom stereocenters. The van der Waals surface area contributed by atoms with Gasteiger partial charge in [-0.2, -0.15) is 4.31 Å². The summed E-state index contributed by atoms with van der Waals surface area (Å²) in [4.78, 5) is 27.8. The molecule has 0 aromatic heterocycles. The van der Waals surface area contributed by atoms with Crippen molar-refractivity contribution in [1.29, 1.82) is 0 Å². The first-order valence-electron chi connectivity index (χ1n) is 11.1. The van der Waals surface area contributed by atoms with E-state index >= 15 is 0 Å². The molecule has 10 heteroatoms. The summed E-state index contributed by atoms with van der Waals surface area (Å²) in [7, 11) is -2.56. The summed E-state index contributed by atoms with van der Waals surface area (Å²) in [5.74, 6) is -0.701. The minimum absolute atomic E-state index is 0.0396. The Balaban J connectivity index is 1.79. The molecule has 2 amide bonds. The number of nitrogens with one attached hydrogen (secondary N) is 1. The summed E-state index contributed by atoms with van der Waals surface area (Å²) in [5, 5.41) is 3.46. The second kappa shape index (κ2) is 11.7. The number of sulfonamides is 1. The second-order valence-electron chi connectivity index (χ2n) is 8.53. The molecule has 1 saturated carbocycles. The minimum Gasteiger partial charge on any atom is -0.352 e. The van der Waals surface area contributed by atoms with E-state index in [4.69, 9.17) is 11.6 Å². The van der Waals surface area contributed by atoms with Crippen LogP contribution in [0.25, 0.3) is 0 Å². The third kappa shape index (κ3) is 6.81. The lowest BCUT2D eigenvalue weighted by molar-refractivity contribution is -0.140. The summed E-state index contributed by atoms with van der Waals surface area (Å²) in [6.45, 7) is 1.44. The van der Waals surface area contributed by atoms with Crippen LogP contribution < -0.4 is 5.32 Å². The standard InChI is InChI=1S/C24H29BrClN3O4S/c1-17(24(31)27-21-8-3-4-9-21)29(15-18-6-5-7-19(25)14-18)23(30)16-28(2)34(32,33)22-12-10-20(26)11-13-22/h5-7,10-14,17,21H,3-4,8-9,15-16H2,1-2H3,(H,27,31)/t17-/m0/s1. The Kier molecular flexibility index (Phi) is 9.14. The molecule has 1 N–H and O–H groups in total. The first kappa shape index (κ1) is 26.7. The van der Waals surface area contributed by atoms with Gasteiger partial charge in [-0.25, -0.2) is 8.42 Å². The molecule has 0 saturated heterocycles. The van der Waals surface area contributed by atoms with E-state index in [1.165, 1.54) is 36.2 Å². The SMILES string of the molecule is C[C@@H](C(=O)NC1CCCC1)N(Cc1cccc(Br)c1)C(=O)CN(C)S(=O)(=O)c1ccc(Cl)cc1. The van der Waals surface area contributed by atoms with Gasteiger partial charge in [0.1, 0.15) is 6.04 Å². The van der Waals surface area contributed by atoms with Gasteiger partial charge in [0.25, 0.3) is 0 Å². The third-order valence-electron chi connectivity index (χ3n) is 5.99. The minimum atomic E-state index is -3.91. The number of carbonyl (C=O) groups excluding carboxylic acids is 2. The number of rotatable bonds is 9. The maximum absolute atomic E-state index is 13.4. The summed E-state index contributed by atoms with van der Waals surface area (Å²) >= 11 is 9.30. The zero-order valence-corrected chi connectivity index (χ0v) is 22.4. The van der Waals surface area contributed by atoms with E-state index in [-0.39, 0.29) is 23.4 Å². The number of nitrogens with zero attached hydrogens (tertiary/aromatic N) is 2. The summed E-state index contributed by atoms with van der Waals surface area (Å²) in [6.07, 6.45) is 4.01. The Morgan fingerprint density at radius 3 is 2.41 bits per heavy atom. The van der Waals surface area contributed by atoms with Crippen LogP contribution in [-0.2, 0) is 26.2 Å². The molecule has 34 heavy (non-hydrogen) atoms. The van der Waals surface area contributed by atoms with Gasteiger partial charge in [0.05, 0.1) is 11.4 Å². The zero-order valence-electron chi connectivity index (χ0n) is 19.2. The average Bonchev–Trinajstić information content (AvgIpc) is 3.30. The highest BCUT2D eigenvalue weighted by Crippen LogP contribution is 2.21. The van der Waals surface area contributed by atoms with Crippen molar-refractivity contribution in [2.75, 3.05) is 13.6 Å². The first-order valence-corrected chi connectivity index (χ1v) is 13.7. The van der Waals surface area contributed by atoms with Crippen molar-refractivity contribution in [2.24, 2.45) is 0 Å². The molecule has 1 aliphatic carbocycles. The Hall–Kier alpha value is -1.94. The van der Waals surface area contributed by atoms with Gasteiger partial charge in [-0.3, -0.25) is 9.59 Å². The van der Waals surface area contributed by atoms with E-state index in [0.717, 1.165) is 40.0 Å². The van der Waals surface area contributed by atoms with E-state index < -0.39 is 28.5 Å². The molecule has 7 nitrogen and oxygen atoms in total. The van der Waals surface area contributed by atoms with Crippen molar-refractivity contribution in [3.8, 4) is 0 Å². The van der Waals surface area contributed by atoms with Crippen LogP contribution in [0.4, 0.5) is 0 Å². The van der Waals surface area contributed by atoms with E-state index in [1.807, 2.05) is 24.3 Å². The average molecular weight is 571 g/mol. The van der Waals surface area contributed by atoms with Crippen molar-refractivity contribution >= 4 is 49.4 Å². The second-order valence-corrected chi connectivity index (χ2v) is 11.9. The van der Waals surface area contributed by atoms with Crippen molar-refractivity contribution in [3.05, 3.63) is 63.6 Å². The van der Waals surface area contributed by atoms with Gasteiger partial charge in [0.15, 0.2) is 0 Å². The van der Waals surface area contributed by atoms with Crippen LogP contribution in [0, 0.1) is 0 Å². The molecular weight excluding hydrogens is 542 g/mol. The third-order valence-corrected chi connectivity index (χ3v) is 8.55. The summed E-state index contributed by atoms with van der Waals surface area (Å²) in [6, 6.07) is 12.6. The van der Waals surface area contributed by atoms with Gasteiger partial charge in [0.2, 0.25) is 21.8 Å². The van der Waals surface area contributed by atoms with Crippen LogP contribution in [0.1, 0.15) is 38.2 Å².